The molecule has 0 fully saturated rings. The molecule has 0 saturated heterocycles. The molecule has 0 unspecified atom stereocenters. The third-order valence-electron chi connectivity index (χ3n) is 4.38. The van der Waals surface area contributed by atoms with Crippen molar-refractivity contribution in [3.63, 3.8) is 0 Å². The summed E-state index contributed by atoms with van der Waals surface area (Å²) >= 11 is 2.85. The number of nitro benzene ring substituents is 2. The Morgan fingerprint density at radius 2 is 1.37 bits per heavy atom. The number of hydrogen-bond donors (Lipinski definition) is 2. The number of hydrogen-bond acceptors (Lipinski definition) is 10. The van der Waals surface area contributed by atoms with Gasteiger partial charge in [0.1, 0.15) is 27.8 Å². The minimum atomic E-state index is -0.799. The lowest BCUT2D eigenvalue weighted by Gasteiger charge is -2.04. The number of rotatable bonds is 4. The number of nitrogen functional groups attached to an aromatic ring is 1. The summed E-state index contributed by atoms with van der Waals surface area (Å²) in [7, 11) is 0. The number of nitrogens with zero attached hydrogens (tertiary/aromatic N) is 4. The van der Waals surface area contributed by atoms with E-state index in [4.69, 9.17) is 16.3 Å². The fourth-order valence-corrected chi connectivity index (χ4v) is 4.38. The standard InChI is InChI=1S/C12H9N3O2S.C6H4FNO2.C6H6N2S.CH4/c1-8-6-9(7-13)12(18-8)14-10-4-2-3-5-11(10)15(16)17;7-5-3-1-2-4-6(5)8(9)10;1-4-2-5(3-7)6(8)9-4;/h2-6,14H,1H3;1-4H;2H,8H2,1H3;1H4. The highest BCUT2D eigenvalue weighted by molar-refractivity contribution is 7.16. The van der Waals surface area contributed by atoms with E-state index in [0.717, 1.165) is 21.9 Å². The van der Waals surface area contributed by atoms with Crippen LogP contribution in [0.5, 0.6) is 0 Å². The molecule has 0 saturated carbocycles. The molecule has 2 aromatic carbocycles. The molecule has 0 aliphatic rings. The van der Waals surface area contributed by atoms with Crippen LogP contribution in [0.1, 0.15) is 28.3 Å². The Morgan fingerprint density at radius 3 is 1.82 bits per heavy atom. The molecule has 4 rings (SSSR count). The summed E-state index contributed by atoms with van der Waals surface area (Å²) in [6, 6.07) is 19.0. The molecular weight excluding hydrogens is 531 g/mol. The predicted octanol–water partition coefficient (Wildman–Crippen LogP) is 7.46. The lowest BCUT2D eigenvalue weighted by atomic mass is 10.2. The van der Waals surface area contributed by atoms with E-state index in [1.807, 2.05) is 19.9 Å². The number of nitrogens with two attached hydrogens (primary N) is 1. The third-order valence-corrected chi connectivity index (χ3v) is 6.22. The van der Waals surface area contributed by atoms with Crippen molar-refractivity contribution in [3.05, 3.63) is 108 Å². The third kappa shape index (κ3) is 8.67. The van der Waals surface area contributed by atoms with Crippen molar-refractivity contribution in [1.29, 1.82) is 10.5 Å². The van der Waals surface area contributed by atoms with Gasteiger partial charge >= 0.3 is 5.69 Å². The maximum absolute atomic E-state index is 12.4. The Bertz CT molecular complexity index is 1500. The van der Waals surface area contributed by atoms with Gasteiger partial charge in [0, 0.05) is 21.9 Å². The second kappa shape index (κ2) is 14.6. The van der Waals surface area contributed by atoms with E-state index in [2.05, 4.69) is 11.4 Å². The van der Waals surface area contributed by atoms with Crippen molar-refractivity contribution in [2.45, 2.75) is 21.3 Å². The van der Waals surface area contributed by atoms with Crippen LogP contribution in [0.4, 0.5) is 31.5 Å². The smallest absolute Gasteiger partial charge is 0.304 e. The number of aryl methyl sites for hydroxylation is 2. The average molecular weight is 555 g/mol. The summed E-state index contributed by atoms with van der Waals surface area (Å²) in [6.07, 6.45) is 0. The molecule has 2 aromatic heterocycles. The Kier molecular flexibility index (Phi) is 12.0. The number of nitriles is 2. The monoisotopic (exact) mass is 554 g/mol. The van der Waals surface area contributed by atoms with Gasteiger partial charge < -0.3 is 11.1 Å². The maximum Gasteiger partial charge on any atom is 0.304 e. The first-order chi connectivity index (χ1) is 17.6. The molecule has 3 N–H and O–H groups in total. The Morgan fingerprint density at radius 1 is 0.868 bits per heavy atom. The van der Waals surface area contributed by atoms with E-state index in [0.29, 0.717) is 26.8 Å². The second-order valence-electron chi connectivity index (χ2n) is 7.07. The SMILES string of the molecule is C.Cc1cc(C#N)c(N)s1.Cc1cc(C#N)c(Nc2ccccc2[N+](=O)[O-])s1.O=[N+]([O-])c1ccccc1F. The summed E-state index contributed by atoms with van der Waals surface area (Å²) in [5.41, 5.74) is 6.44. The van der Waals surface area contributed by atoms with Crippen molar-refractivity contribution >= 4 is 49.7 Å². The normalized spacial score (nSPS) is 9.18. The van der Waals surface area contributed by atoms with Gasteiger partial charge in [-0.3, -0.25) is 20.2 Å². The first-order valence-corrected chi connectivity index (χ1v) is 11.9. The number of thiophene rings is 2. The van der Waals surface area contributed by atoms with Crippen LogP contribution in [-0.4, -0.2) is 9.85 Å². The van der Waals surface area contributed by atoms with Crippen molar-refractivity contribution in [1.82, 2.24) is 0 Å². The van der Waals surface area contributed by atoms with Gasteiger partial charge in [-0.1, -0.05) is 31.7 Å². The second-order valence-corrected chi connectivity index (χ2v) is 9.61. The summed E-state index contributed by atoms with van der Waals surface area (Å²) < 4.78 is 12.4. The highest BCUT2D eigenvalue weighted by Crippen LogP contribution is 2.33. The van der Waals surface area contributed by atoms with Crippen LogP contribution < -0.4 is 11.1 Å². The Balaban J connectivity index is 0.000000307. The van der Waals surface area contributed by atoms with Gasteiger partial charge in [-0.05, 0) is 38.1 Å². The van der Waals surface area contributed by atoms with Gasteiger partial charge in [0.2, 0.25) is 5.82 Å². The molecule has 196 valence electrons. The maximum atomic E-state index is 12.4. The summed E-state index contributed by atoms with van der Waals surface area (Å²) in [4.78, 5) is 21.7. The highest BCUT2D eigenvalue weighted by Gasteiger charge is 2.15. The van der Waals surface area contributed by atoms with Crippen LogP contribution in [0, 0.1) is 62.6 Å². The zero-order valence-electron chi connectivity index (χ0n) is 19.5. The zero-order chi connectivity index (χ0) is 27.5. The number of para-hydroxylation sites is 3. The average Bonchev–Trinajstić information content (AvgIpc) is 3.39. The van der Waals surface area contributed by atoms with Crippen molar-refractivity contribution < 1.29 is 14.2 Å². The number of nitro groups is 2. The van der Waals surface area contributed by atoms with Gasteiger partial charge in [0.05, 0.1) is 21.0 Å². The highest BCUT2D eigenvalue weighted by atomic mass is 32.1. The van der Waals surface area contributed by atoms with Gasteiger partial charge in [0.25, 0.3) is 5.69 Å². The van der Waals surface area contributed by atoms with Gasteiger partial charge in [-0.25, -0.2) is 0 Å². The molecule has 0 radical (unpaired) electrons. The quantitative estimate of drug-likeness (QED) is 0.193. The van der Waals surface area contributed by atoms with E-state index in [1.165, 1.54) is 40.9 Å². The Labute approximate surface area is 226 Å². The first-order valence-electron chi connectivity index (χ1n) is 10.2. The van der Waals surface area contributed by atoms with Crippen molar-refractivity contribution in [2.75, 3.05) is 11.1 Å². The summed E-state index contributed by atoms with van der Waals surface area (Å²) in [6.45, 7) is 3.82. The van der Waals surface area contributed by atoms with Crippen LogP contribution in [-0.2, 0) is 0 Å². The molecule has 13 heteroatoms. The van der Waals surface area contributed by atoms with Crippen LogP contribution in [0.25, 0.3) is 0 Å². The number of halogens is 1. The number of nitrogens with one attached hydrogen (secondary N) is 1. The topological polar surface area (TPSA) is 172 Å². The molecule has 0 spiro atoms. The van der Waals surface area contributed by atoms with Gasteiger partial charge in [-0.2, -0.15) is 14.9 Å². The fourth-order valence-electron chi connectivity index (χ4n) is 2.77. The Hall–Kier alpha value is -4.85. The van der Waals surface area contributed by atoms with E-state index >= 15 is 0 Å². The van der Waals surface area contributed by atoms with Gasteiger partial charge in [0.15, 0.2) is 0 Å². The van der Waals surface area contributed by atoms with E-state index in [9.17, 15) is 24.6 Å². The largest absolute Gasteiger partial charge is 0.389 e. The van der Waals surface area contributed by atoms with E-state index in [1.54, 1.807) is 30.3 Å². The first kappa shape index (κ1) is 31.2. The number of benzene rings is 2. The predicted molar refractivity (Wildman–Crippen MR) is 148 cm³/mol. The summed E-state index contributed by atoms with van der Waals surface area (Å²) in [5, 5.41) is 42.4. The van der Waals surface area contributed by atoms with Crippen molar-refractivity contribution in [2.24, 2.45) is 0 Å². The summed E-state index contributed by atoms with van der Waals surface area (Å²) in [5.74, 6) is -0.799. The molecule has 0 amide bonds. The lowest BCUT2D eigenvalue weighted by molar-refractivity contribution is -0.387. The lowest BCUT2D eigenvalue weighted by Crippen LogP contribution is -1.96. The number of anilines is 3. The van der Waals surface area contributed by atoms with Crippen LogP contribution >= 0.6 is 22.7 Å². The van der Waals surface area contributed by atoms with Crippen LogP contribution in [0.3, 0.4) is 0 Å². The molecule has 2 heterocycles. The van der Waals surface area contributed by atoms with E-state index < -0.39 is 21.4 Å². The molecule has 0 bridgehead atoms. The molecule has 0 atom stereocenters. The molecule has 0 aliphatic carbocycles. The fraction of sp³-hybridized carbons (Fsp3) is 0.120. The van der Waals surface area contributed by atoms with Crippen molar-refractivity contribution in [3.8, 4) is 12.1 Å². The molecule has 38 heavy (non-hydrogen) atoms. The van der Waals surface area contributed by atoms with Gasteiger partial charge in [-0.15, -0.1) is 22.7 Å². The molecule has 0 aliphatic heterocycles. The zero-order valence-corrected chi connectivity index (χ0v) is 21.1. The van der Waals surface area contributed by atoms with Crippen LogP contribution in [0.15, 0.2) is 60.7 Å². The minimum Gasteiger partial charge on any atom is -0.389 e. The minimum absolute atomic E-state index is 0. The molecular formula is C25H23FN6O4S2. The molecule has 4 aromatic rings. The van der Waals surface area contributed by atoms with E-state index in [-0.39, 0.29) is 13.1 Å². The molecule has 10 nitrogen and oxygen atoms in total. The van der Waals surface area contributed by atoms with Crippen LogP contribution in [0.2, 0.25) is 0 Å².